The first-order valence-corrected chi connectivity index (χ1v) is 6.51. The molecule has 0 fully saturated rings. The van der Waals surface area contributed by atoms with Gasteiger partial charge in [0, 0.05) is 26.2 Å². The van der Waals surface area contributed by atoms with Crippen LogP contribution in [0, 0.1) is 4.77 Å². The Morgan fingerprint density at radius 3 is 2.40 bits per heavy atom. The summed E-state index contributed by atoms with van der Waals surface area (Å²) >= 11 is 5.00. The lowest BCUT2D eigenvalue weighted by Crippen LogP contribution is -2.21. The Labute approximate surface area is 121 Å². The lowest BCUT2D eigenvalue weighted by atomic mass is 10.0. The third-order valence-corrected chi connectivity index (χ3v) is 3.17. The third-order valence-electron chi connectivity index (χ3n) is 2.96. The van der Waals surface area contributed by atoms with Crippen LogP contribution in [0.4, 0.5) is 0 Å². The highest BCUT2D eigenvalue weighted by Gasteiger charge is 2.18. The van der Waals surface area contributed by atoms with E-state index in [0.29, 0.717) is 17.7 Å². The summed E-state index contributed by atoms with van der Waals surface area (Å²) in [6, 6.07) is 9.70. The average molecular weight is 292 g/mol. The van der Waals surface area contributed by atoms with Crippen LogP contribution in [0.15, 0.2) is 35.1 Å². The maximum Gasteiger partial charge on any atom is 0.255 e. The van der Waals surface area contributed by atoms with Crippen molar-refractivity contribution in [3.05, 3.63) is 62.3 Å². The second kappa shape index (κ2) is 6.60. The monoisotopic (exact) mass is 292 g/mol. The van der Waals surface area contributed by atoms with Crippen LogP contribution in [0.3, 0.4) is 0 Å². The van der Waals surface area contributed by atoms with Gasteiger partial charge in [0.1, 0.15) is 0 Å². The molecule has 0 saturated carbocycles. The van der Waals surface area contributed by atoms with Gasteiger partial charge >= 0.3 is 0 Å². The van der Waals surface area contributed by atoms with Crippen LogP contribution in [0.2, 0.25) is 0 Å². The van der Waals surface area contributed by atoms with Gasteiger partial charge in [-0.3, -0.25) is 9.78 Å². The Bertz CT molecular complexity index is 675. The summed E-state index contributed by atoms with van der Waals surface area (Å²) < 4.78 is 10.7. The molecule has 2 N–H and O–H groups in total. The predicted molar refractivity (Wildman–Crippen MR) is 78.3 cm³/mol. The highest BCUT2D eigenvalue weighted by Crippen LogP contribution is 2.19. The molecule has 1 aromatic carbocycles. The van der Waals surface area contributed by atoms with Crippen LogP contribution < -0.4 is 5.56 Å². The summed E-state index contributed by atoms with van der Waals surface area (Å²) in [7, 11) is 3.02. The number of rotatable bonds is 5. The molecule has 1 aromatic heterocycles. The van der Waals surface area contributed by atoms with E-state index < -0.39 is 6.29 Å². The van der Waals surface area contributed by atoms with Crippen LogP contribution in [-0.2, 0) is 15.9 Å². The number of nitrogens with one attached hydrogen (secondary N) is 2. The summed E-state index contributed by atoms with van der Waals surface area (Å²) in [5, 5.41) is 0. The molecule has 0 atom stereocenters. The van der Waals surface area contributed by atoms with E-state index in [9.17, 15) is 4.79 Å². The second-order valence-corrected chi connectivity index (χ2v) is 4.67. The van der Waals surface area contributed by atoms with Crippen LogP contribution in [0.5, 0.6) is 0 Å². The molecule has 0 unspecified atom stereocenters. The zero-order valence-electron chi connectivity index (χ0n) is 11.3. The highest BCUT2D eigenvalue weighted by molar-refractivity contribution is 7.71. The van der Waals surface area contributed by atoms with Gasteiger partial charge in [-0.05, 0) is 17.8 Å². The highest BCUT2D eigenvalue weighted by atomic mass is 32.1. The van der Waals surface area contributed by atoms with Gasteiger partial charge in [-0.25, -0.2) is 0 Å². The molecule has 0 amide bonds. The van der Waals surface area contributed by atoms with Gasteiger partial charge in [-0.15, -0.1) is 0 Å². The summed E-state index contributed by atoms with van der Waals surface area (Å²) in [5.41, 5.74) is 1.90. The standard InChI is InChI=1S/C14H16N2O3S/c1-18-13(19-2)11-10(12(17)16-14(20)15-11)8-9-6-4-3-5-7-9/h3-7,13H,8H2,1-2H3,(H2,15,16,17,20). The van der Waals surface area contributed by atoms with Gasteiger partial charge in [0.25, 0.3) is 5.56 Å². The normalized spacial score (nSPS) is 10.9. The van der Waals surface area contributed by atoms with Crippen molar-refractivity contribution in [2.45, 2.75) is 12.7 Å². The van der Waals surface area contributed by atoms with Crippen molar-refractivity contribution in [1.82, 2.24) is 9.97 Å². The fourth-order valence-corrected chi connectivity index (χ4v) is 2.24. The van der Waals surface area contributed by atoms with Crippen LogP contribution >= 0.6 is 12.2 Å². The van der Waals surface area contributed by atoms with Crippen LogP contribution in [0.25, 0.3) is 0 Å². The van der Waals surface area contributed by atoms with E-state index in [2.05, 4.69) is 9.97 Å². The molecule has 5 nitrogen and oxygen atoms in total. The lowest BCUT2D eigenvalue weighted by molar-refractivity contribution is -0.109. The average Bonchev–Trinajstić information content (AvgIpc) is 2.45. The van der Waals surface area contributed by atoms with E-state index in [0.717, 1.165) is 5.56 Å². The maximum atomic E-state index is 12.1. The van der Waals surface area contributed by atoms with Crippen molar-refractivity contribution in [3.8, 4) is 0 Å². The summed E-state index contributed by atoms with van der Waals surface area (Å²) in [4.78, 5) is 17.7. The Morgan fingerprint density at radius 2 is 1.80 bits per heavy atom. The Balaban J connectivity index is 2.51. The number of hydrogen-bond donors (Lipinski definition) is 2. The molecule has 1 heterocycles. The number of aromatic nitrogens is 2. The van der Waals surface area contributed by atoms with Crippen LogP contribution in [0.1, 0.15) is 23.1 Å². The molecule has 20 heavy (non-hydrogen) atoms. The molecule has 0 aliphatic rings. The van der Waals surface area contributed by atoms with Gasteiger partial charge in [0.2, 0.25) is 0 Å². The number of hydrogen-bond acceptors (Lipinski definition) is 4. The van der Waals surface area contributed by atoms with Gasteiger partial charge in [0.05, 0.1) is 5.69 Å². The molecule has 0 aliphatic heterocycles. The third kappa shape index (κ3) is 3.22. The molecule has 0 saturated heterocycles. The van der Waals surface area contributed by atoms with Gasteiger partial charge < -0.3 is 14.5 Å². The Morgan fingerprint density at radius 1 is 1.15 bits per heavy atom. The molecule has 0 radical (unpaired) electrons. The molecule has 2 aromatic rings. The fourth-order valence-electron chi connectivity index (χ4n) is 2.04. The second-order valence-electron chi connectivity index (χ2n) is 4.27. The largest absolute Gasteiger partial charge is 0.350 e. The molecule has 0 aliphatic carbocycles. The molecule has 2 rings (SSSR count). The topological polar surface area (TPSA) is 67.1 Å². The van der Waals surface area contributed by atoms with Crippen molar-refractivity contribution < 1.29 is 9.47 Å². The number of ether oxygens (including phenoxy) is 2. The van der Waals surface area contributed by atoms with E-state index in [1.54, 1.807) is 0 Å². The minimum absolute atomic E-state index is 0.230. The molecule has 6 heteroatoms. The van der Waals surface area contributed by atoms with E-state index in [-0.39, 0.29) is 10.3 Å². The molecule has 0 spiro atoms. The first-order valence-electron chi connectivity index (χ1n) is 6.10. The first kappa shape index (κ1) is 14.6. The van der Waals surface area contributed by atoms with Crippen molar-refractivity contribution in [3.63, 3.8) is 0 Å². The summed E-state index contributed by atoms with van der Waals surface area (Å²) in [6.45, 7) is 0. The van der Waals surface area contributed by atoms with E-state index in [1.807, 2.05) is 30.3 Å². The summed E-state index contributed by atoms with van der Waals surface area (Å²) in [6.07, 6.45) is -0.182. The van der Waals surface area contributed by atoms with E-state index >= 15 is 0 Å². The molecule has 106 valence electrons. The zero-order chi connectivity index (χ0) is 14.5. The number of benzene rings is 1. The Hall–Kier alpha value is -1.76. The molecular formula is C14H16N2O3S. The first-order chi connectivity index (χ1) is 9.65. The number of aromatic amines is 2. The van der Waals surface area contributed by atoms with Gasteiger partial charge in [-0.2, -0.15) is 0 Å². The van der Waals surface area contributed by atoms with Crippen molar-refractivity contribution in [2.75, 3.05) is 14.2 Å². The number of methoxy groups -OCH3 is 2. The van der Waals surface area contributed by atoms with E-state index in [1.165, 1.54) is 14.2 Å². The number of H-pyrrole nitrogens is 2. The van der Waals surface area contributed by atoms with Gasteiger partial charge in [0.15, 0.2) is 11.1 Å². The Kier molecular flexibility index (Phi) is 4.84. The van der Waals surface area contributed by atoms with Gasteiger partial charge in [-0.1, -0.05) is 30.3 Å². The zero-order valence-corrected chi connectivity index (χ0v) is 12.1. The van der Waals surface area contributed by atoms with Crippen molar-refractivity contribution in [1.29, 1.82) is 0 Å². The smallest absolute Gasteiger partial charge is 0.255 e. The minimum Gasteiger partial charge on any atom is -0.350 e. The van der Waals surface area contributed by atoms with Crippen LogP contribution in [-0.4, -0.2) is 24.2 Å². The predicted octanol–water partition coefficient (Wildman–Crippen LogP) is 2.31. The quantitative estimate of drug-likeness (QED) is 0.655. The SMILES string of the molecule is COC(OC)c1[nH]c(=S)[nH]c(=O)c1Cc1ccccc1. The lowest BCUT2D eigenvalue weighted by Gasteiger charge is -2.16. The van der Waals surface area contributed by atoms with Crippen molar-refractivity contribution >= 4 is 12.2 Å². The van der Waals surface area contributed by atoms with E-state index in [4.69, 9.17) is 21.7 Å². The molecule has 0 bridgehead atoms. The van der Waals surface area contributed by atoms with Crippen molar-refractivity contribution in [2.24, 2.45) is 0 Å². The maximum absolute atomic E-state index is 12.1. The fraction of sp³-hybridized carbons (Fsp3) is 0.286. The minimum atomic E-state index is -0.655. The summed E-state index contributed by atoms with van der Waals surface area (Å²) in [5.74, 6) is 0. The molecular weight excluding hydrogens is 276 g/mol.